The monoisotopic (exact) mass is 337 g/mol. The molecule has 0 saturated heterocycles. The molecule has 21 heavy (non-hydrogen) atoms. The highest BCUT2D eigenvalue weighted by atomic mass is 35.5. The average Bonchev–Trinajstić information content (AvgIpc) is 2.85. The first-order valence-corrected chi connectivity index (χ1v) is 8.13. The SMILES string of the molecule is CCc1cc2c(Nc3ccc(C)cc3Cl)nc(Cl)nc2s1. The number of thiophene rings is 1. The molecule has 2 aromatic heterocycles. The summed E-state index contributed by atoms with van der Waals surface area (Å²) >= 11 is 13.9. The van der Waals surface area contributed by atoms with Crippen LogP contribution in [0, 0.1) is 6.92 Å². The number of benzene rings is 1. The maximum atomic E-state index is 6.27. The molecular formula is C15H13Cl2N3S. The summed E-state index contributed by atoms with van der Waals surface area (Å²) in [5.41, 5.74) is 1.92. The second-order valence-corrected chi connectivity index (χ2v) is 6.60. The minimum Gasteiger partial charge on any atom is -0.338 e. The Kier molecular flexibility index (Phi) is 4.02. The van der Waals surface area contributed by atoms with Gasteiger partial charge >= 0.3 is 0 Å². The summed E-state index contributed by atoms with van der Waals surface area (Å²) < 4.78 is 0. The average molecular weight is 338 g/mol. The van der Waals surface area contributed by atoms with E-state index >= 15 is 0 Å². The van der Waals surface area contributed by atoms with Gasteiger partial charge in [0.15, 0.2) is 0 Å². The van der Waals surface area contributed by atoms with Gasteiger partial charge in [-0.05, 0) is 48.7 Å². The van der Waals surface area contributed by atoms with Gasteiger partial charge in [0.05, 0.1) is 16.1 Å². The number of hydrogen-bond donors (Lipinski definition) is 1. The van der Waals surface area contributed by atoms with Gasteiger partial charge in [-0.15, -0.1) is 11.3 Å². The smallest absolute Gasteiger partial charge is 0.225 e. The van der Waals surface area contributed by atoms with Gasteiger partial charge in [-0.2, -0.15) is 4.98 Å². The van der Waals surface area contributed by atoms with Gasteiger partial charge < -0.3 is 5.32 Å². The highest BCUT2D eigenvalue weighted by Gasteiger charge is 2.12. The third kappa shape index (κ3) is 2.98. The Bertz CT molecular complexity index is 814. The van der Waals surface area contributed by atoms with Crippen molar-refractivity contribution in [2.24, 2.45) is 0 Å². The lowest BCUT2D eigenvalue weighted by Gasteiger charge is -2.09. The second kappa shape index (κ2) is 5.79. The summed E-state index contributed by atoms with van der Waals surface area (Å²) in [6.07, 6.45) is 0.962. The van der Waals surface area contributed by atoms with Gasteiger partial charge in [-0.1, -0.05) is 24.6 Å². The molecule has 3 nitrogen and oxygen atoms in total. The van der Waals surface area contributed by atoms with E-state index in [1.54, 1.807) is 11.3 Å². The molecule has 3 aromatic rings. The number of aromatic nitrogens is 2. The number of fused-ring (bicyclic) bond motifs is 1. The number of nitrogens with zero attached hydrogens (tertiary/aromatic N) is 2. The van der Waals surface area contributed by atoms with E-state index in [9.17, 15) is 0 Å². The maximum Gasteiger partial charge on any atom is 0.225 e. The van der Waals surface area contributed by atoms with Crippen molar-refractivity contribution in [3.8, 4) is 0 Å². The molecule has 1 aromatic carbocycles. The largest absolute Gasteiger partial charge is 0.338 e. The van der Waals surface area contributed by atoms with Crippen molar-refractivity contribution in [3.63, 3.8) is 0 Å². The molecule has 1 N–H and O–H groups in total. The molecule has 0 amide bonds. The molecule has 0 fully saturated rings. The van der Waals surface area contributed by atoms with Gasteiger partial charge in [-0.25, -0.2) is 4.98 Å². The molecule has 0 spiro atoms. The van der Waals surface area contributed by atoms with Crippen LogP contribution in [0.5, 0.6) is 0 Å². The van der Waals surface area contributed by atoms with Crippen molar-refractivity contribution < 1.29 is 0 Å². The lowest BCUT2D eigenvalue weighted by atomic mass is 10.2. The Labute approximate surface area is 137 Å². The van der Waals surface area contributed by atoms with E-state index in [-0.39, 0.29) is 5.28 Å². The fourth-order valence-electron chi connectivity index (χ4n) is 2.06. The van der Waals surface area contributed by atoms with Gasteiger partial charge in [0.2, 0.25) is 5.28 Å². The van der Waals surface area contributed by atoms with E-state index in [1.165, 1.54) is 4.88 Å². The van der Waals surface area contributed by atoms with Crippen molar-refractivity contribution in [3.05, 3.63) is 45.0 Å². The quantitative estimate of drug-likeness (QED) is 0.631. The molecular weight excluding hydrogens is 325 g/mol. The fraction of sp³-hybridized carbons (Fsp3) is 0.200. The van der Waals surface area contributed by atoms with Crippen LogP contribution in [0.15, 0.2) is 24.3 Å². The zero-order chi connectivity index (χ0) is 15.0. The molecule has 0 radical (unpaired) electrons. The maximum absolute atomic E-state index is 6.27. The highest BCUT2D eigenvalue weighted by molar-refractivity contribution is 7.18. The number of halogens is 2. The summed E-state index contributed by atoms with van der Waals surface area (Å²) in [4.78, 5) is 10.7. The lowest BCUT2D eigenvalue weighted by Crippen LogP contribution is -1.96. The number of hydrogen-bond acceptors (Lipinski definition) is 4. The predicted octanol–water partition coefficient (Wildman–Crippen LogP) is 5.61. The van der Waals surface area contributed by atoms with E-state index in [1.807, 2.05) is 25.1 Å². The second-order valence-electron chi connectivity index (χ2n) is 4.73. The molecule has 3 rings (SSSR count). The minimum absolute atomic E-state index is 0.234. The van der Waals surface area contributed by atoms with E-state index < -0.39 is 0 Å². The van der Waals surface area contributed by atoms with Crippen LogP contribution in [0.25, 0.3) is 10.2 Å². The van der Waals surface area contributed by atoms with Crippen LogP contribution in [-0.2, 0) is 6.42 Å². The number of rotatable bonds is 3. The van der Waals surface area contributed by atoms with Gasteiger partial charge in [0.1, 0.15) is 10.6 Å². The first-order valence-electron chi connectivity index (χ1n) is 6.56. The first kappa shape index (κ1) is 14.6. The summed E-state index contributed by atoms with van der Waals surface area (Å²) in [6, 6.07) is 7.95. The van der Waals surface area contributed by atoms with E-state index in [4.69, 9.17) is 23.2 Å². The molecule has 0 aliphatic heterocycles. The van der Waals surface area contributed by atoms with Crippen LogP contribution < -0.4 is 5.32 Å². The predicted molar refractivity (Wildman–Crippen MR) is 91.3 cm³/mol. The van der Waals surface area contributed by atoms with Crippen molar-refractivity contribution in [1.29, 1.82) is 0 Å². The summed E-state index contributed by atoms with van der Waals surface area (Å²) in [5.74, 6) is 0.687. The Hall–Kier alpha value is -1.36. The van der Waals surface area contributed by atoms with E-state index in [0.717, 1.165) is 27.9 Å². The molecule has 0 aliphatic carbocycles. The number of nitrogens with one attached hydrogen (secondary N) is 1. The minimum atomic E-state index is 0.234. The molecule has 0 aliphatic rings. The zero-order valence-corrected chi connectivity index (χ0v) is 13.9. The normalized spacial score (nSPS) is 11.0. The summed E-state index contributed by atoms with van der Waals surface area (Å²) in [5, 5.41) is 5.12. The van der Waals surface area contributed by atoms with Gasteiger partial charge in [0, 0.05) is 4.88 Å². The van der Waals surface area contributed by atoms with Crippen LogP contribution in [-0.4, -0.2) is 9.97 Å². The van der Waals surface area contributed by atoms with Gasteiger partial charge in [-0.3, -0.25) is 0 Å². The summed E-state index contributed by atoms with van der Waals surface area (Å²) in [7, 11) is 0. The van der Waals surface area contributed by atoms with Crippen LogP contribution in [0.2, 0.25) is 10.3 Å². The first-order chi connectivity index (χ1) is 10.1. The van der Waals surface area contributed by atoms with Crippen molar-refractivity contribution >= 4 is 56.3 Å². The molecule has 0 saturated carbocycles. The molecule has 6 heteroatoms. The van der Waals surface area contributed by atoms with Gasteiger partial charge in [0.25, 0.3) is 0 Å². The number of anilines is 2. The topological polar surface area (TPSA) is 37.8 Å². The molecule has 2 heterocycles. The summed E-state index contributed by atoms with van der Waals surface area (Å²) in [6.45, 7) is 4.12. The third-order valence-corrected chi connectivity index (χ3v) is 4.80. The lowest BCUT2D eigenvalue weighted by molar-refractivity contribution is 1.19. The fourth-order valence-corrected chi connectivity index (χ4v) is 3.53. The van der Waals surface area contributed by atoms with Crippen LogP contribution in [0.3, 0.4) is 0 Å². The molecule has 108 valence electrons. The molecule has 0 atom stereocenters. The molecule has 0 unspecified atom stereocenters. The van der Waals surface area contributed by atoms with Crippen molar-refractivity contribution in [2.75, 3.05) is 5.32 Å². The van der Waals surface area contributed by atoms with Crippen molar-refractivity contribution in [1.82, 2.24) is 9.97 Å². The zero-order valence-electron chi connectivity index (χ0n) is 11.6. The van der Waals surface area contributed by atoms with E-state index in [2.05, 4.69) is 28.3 Å². The Morgan fingerprint density at radius 2 is 2.00 bits per heavy atom. The van der Waals surface area contributed by atoms with Crippen molar-refractivity contribution in [2.45, 2.75) is 20.3 Å². The van der Waals surface area contributed by atoms with Crippen LogP contribution >= 0.6 is 34.5 Å². The Balaban J connectivity index is 2.08. The Morgan fingerprint density at radius 1 is 1.19 bits per heavy atom. The van der Waals surface area contributed by atoms with Crippen LogP contribution in [0.1, 0.15) is 17.4 Å². The molecule has 0 bridgehead atoms. The third-order valence-electron chi connectivity index (χ3n) is 3.14. The highest BCUT2D eigenvalue weighted by Crippen LogP contribution is 2.33. The standard InChI is InChI=1S/C15H13Cl2N3S/c1-3-9-7-10-13(19-15(17)20-14(10)21-9)18-12-5-4-8(2)6-11(12)16/h4-7H,3H2,1-2H3,(H,18,19,20). The van der Waals surface area contributed by atoms with Crippen LogP contribution in [0.4, 0.5) is 11.5 Å². The Morgan fingerprint density at radius 3 is 2.71 bits per heavy atom. The van der Waals surface area contributed by atoms with E-state index in [0.29, 0.717) is 10.8 Å². The number of aryl methyl sites for hydroxylation is 2.